The van der Waals surface area contributed by atoms with Crippen molar-refractivity contribution in [3.8, 4) is 0 Å². The number of piperazine rings is 1. The van der Waals surface area contributed by atoms with E-state index >= 15 is 0 Å². The van der Waals surface area contributed by atoms with Crippen molar-refractivity contribution in [1.82, 2.24) is 15.5 Å². The van der Waals surface area contributed by atoms with E-state index in [9.17, 15) is 4.79 Å². The molecule has 1 aromatic carbocycles. The molecule has 1 amide bonds. The average Bonchev–Trinajstić information content (AvgIpc) is 3.15. The van der Waals surface area contributed by atoms with E-state index in [0.717, 1.165) is 65.2 Å². The van der Waals surface area contributed by atoms with Gasteiger partial charge in [-0.2, -0.15) is 0 Å². The van der Waals surface area contributed by atoms with Gasteiger partial charge in [0.1, 0.15) is 0 Å². The molecule has 1 unspecified atom stereocenters. The summed E-state index contributed by atoms with van der Waals surface area (Å²) in [6.07, 6.45) is 2.02. The molecule has 1 aromatic rings. The number of halogens is 3. The Bertz CT molecular complexity index is 492. The number of amides is 1. The monoisotopic (exact) mass is 424 g/mol. The van der Waals surface area contributed by atoms with Crippen molar-refractivity contribution < 1.29 is 4.79 Å². The van der Waals surface area contributed by atoms with Gasteiger partial charge in [0.25, 0.3) is 0 Å². The second kappa shape index (κ2) is 13.4. The summed E-state index contributed by atoms with van der Waals surface area (Å²) in [5, 5.41) is 6.32. The van der Waals surface area contributed by atoms with Gasteiger partial charge in [-0.05, 0) is 38.1 Å². The number of hydrogen-bond acceptors (Lipinski definition) is 4. The Labute approximate surface area is 175 Å². The topological polar surface area (TPSA) is 47.6 Å². The molecule has 5 nitrogen and oxygen atoms in total. The number of nitrogens with zero attached hydrogens (tertiary/aromatic N) is 2. The maximum atomic E-state index is 11.9. The first-order chi connectivity index (χ1) is 11.3. The second-order valence-corrected chi connectivity index (χ2v) is 6.50. The third-order valence-electron chi connectivity index (χ3n) is 4.88. The van der Waals surface area contributed by atoms with Gasteiger partial charge in [-0.15, -0.1) is 37.2 Å². The molecule has 2 aliphatic rings. The van der Waals surface area contributed by atoms with E-state index in [2.05, 4.69) is 50.8 Å². The maximum Gasteiger partial charge on any atom is 0.224 e. The summed E-state index contributed by atoms with van der Waals surface area (Å²) < 4.78 is 0. The van der Waals surface area contributed by atoms with Crippen molar-refractivity contribution in [3.05, 3.63) is 30.3 Å². The average molecular weight is 426 g/mol. The molecule has 0 radical (unpaired) electrons. The molecule has 0 bridgehead atoms. The van der Waals surface area contributed by atoms with E-state index in [-0.39, 0.29) is 49.0 Å². The van der Waals surface area contributed by atoms with Crippen molar-refractivity contribution in [2.24, 2.45) is 5.92 Å². The van der Waals surface area contributed by atoms with Crippen LogP contribution in [0.5, 0.6) is 0 Å². The minimum absolute atomic E-state index is 0. The van der Waals surface area contributed by atoms with Crippen molar-refractivity contribution >= 4 is 48.8 Å². The molecule has 2 N–H and O–H groups in total. The fourth-order valence-electron chi connectivity index (χ4n) is 3.41. The van der Waals surface area contributed by atoms with E-state index in [4.69, 9.17) is 0 Å². The molecule has 150 valence electrons. The summed E-state index contributed by atoms with van der Waals surface area (Å²) in [7, 11) is 0. The van der Waals surface area contributed by atoms with Crippen LogP contribution >= 0.6 is 37.2 Å². The van der Waals surface area contributed by atoms with Gasteiger partial charge < -0.3 is 15.5 Å². The first-order valence-corrected chi connectivity index (χ1v) is 8.84. The van der Waals surface area contributed by atoms with Crippen LogP contribution < -0.4 is 15.5 Å². The minimum Gasteiger partial charge on any atom is -0.369 e. The highest BCUT2D eigenvalue weighted by Gasteiger charge is 2.22. The SMILES string of the molecule is Cl.Cl.Cl.O=C(NCCCN1CCN(c2ccccc2)CC1)C1CCNC1. The van der Waals surface area contributed by atoms with Crippen LogP contribution in [0.3, 0.4) is 0 Å². The van der Waals surface area contributed by atoms with E-state index in [1.807, 2.05) is 0 Å². The van der Waals surface area contributed by atoms with Gasteiger partial charge in [0, 0.05) is 45.0 Å². The Kier molecular flexibility index (Phi) is 13.1. The Morgan fingerprint density at radius 2 is 1.77 bits per heavy atom. The number of carbonyl (C=O) groups excluding carboxylic acids is 1. The Morgan fingerprint density at radius 3 is 2.38 bits per heavy atom. The van der Waals surface area contributed by atoms with Crippen LogP contribution in [0.1, 0.15) is 12.8 Å². The molecular weight excluding hydrogens is 395 g/mol. The van der Waals surface area contributed by atoms with Gasteiger partial charge in [-0.1, -0.05) is 18.2 Å². The van der Waals surface area contributed by atoms with E-state index in [1.165, 1.54) is 5.69 Å². The van der Waals surface area contributed by atoms with Crippen molar-refractivity contribution in [3.63, 3.8) is 0 Å². The lowest BCUT2D eigenvalue weighted by atomic mass is 10.1. The standard InChI is InChI=1S/C18H28N4O.3ClH/c23-18(16-7-9-19-15-16)20-8-4-10-21-11-13-22(14-12-21)17-5-2-1-3-6-17;;;/h1-3,5-6,16,19H,4,7-15H2,(H,20,23);3*1H. The lowest BCUT2D eigenvalue weighted by Gasteiger charge is -2.36. The lowest BCUT2D eigenvalue weighted by molar-refractivity contribution is -0.124. The highest BCUT2D eigenvalue weighted by molar-refractivity contribution is 5.86. The van der Waals surface area contributed by atoms with Crippen molar-refractivity contribution in [1.29, 1.82) is 0 Å². The van der Waals surface area contributed by atoms with Gasteiger partial charge in [0.15, 0.2) is 0 Å². The second-order valence-electron chi connectivity index (χ2n) is 6.50. The smallest absolute Gasteiger partial charge is 0.224 e. The molecule has 1 atom stereocenters. The number of nitrogens with one attached hydrogen (secondary N) is 2. The number of rotatable bonds is 6. The Balaban J connectivity index is 0.00000208. The van der Waals surface area contributed by atoms with Gasteiger partial charge in [-0.3, -0.25) is 9.69 Å². The number of hydrogen-bond donors (Lipinski definition) is 2. The van der Waals surface area contributed by atoms with Crippen LogP contribution in [0.15, 0.2) is 30.3 Å². The molecule has 0 spiro atoms. The third-order valence-corrected chi connectivity index (χ3v) is 4.88. The predicted molar refractivity (Wildman–Crippen MR) is 115 cm³/mol. The van der Waals surface area contributed by atoms with Gasteiger partial charge in [-0.25, -0.2) is 0 Å². The van der Waals surface area contributed by atoms with E-state index < -0.39 is 0 Å². The first kappa shape index (κ1) is 25.3. The largest absolute Gasteiger partial charge is 0.369 e. The van der Waals surface area contributed by atoms with Crippen LogP contribution in [0, 0.1) is 5.92 Å². The molecule has 3 rings (SSSR count). The Hall–Kier alpha value is -0.720. The van der Waals surface area contributed by atoms with E-state index in [1.54, 1.807) is 0 Å². The quantitative estimate of drug-likeness (QED) is 0.686. The minimum atomic E-state index is 0. The summed E-state index contributed by atoms with van der Waals surface area (Å²) in [6.45, 7) is 8.08. The molecule has 0 aliphatic carbocycles. The normalized spacial score (nSPS) is 19.7. The van der Waals surface area contributed by atoms with Crippen LogP contribution in [0.4, 0.5) is 5.69 Å². The van der Waals surface area contributed by atoms with Gasteiger partial charge in [0.2, 0.25) is 5.91 Å². The van der Waals surface area contributed by atoms with Crippen molar-refractivity contribution in [2.75, 3.05) is 57.3 Å². The van der Waals surface area contributed by atoms with Crippen LogP contribution in [0.2, 0.25) is 0 Å². The highest BCUT2D eigenvalue weighted by atomic mass is 35.5. The fraction of sp³-hybridized carbons (Fsp3) is 0.611. The number of carbonyl (C=O) groups is 1. The summed E-state index contributed by atoms with van der Waals surface area (Å²) in [6, 6.07) is 10.6. The summed E-state index contributed by atoms with van der Waals surface area (Å²) in [5.41, 5.74) is 1.32. The zero-order valence-electron chi connectivity index (χ0n) is 15.1. The molecule has 0 aromatic heterocycles. The van der Waals surface area contributed by atoms with Gasteiger partial charge in [0.05, 0.1) is 5.92 Å². The highest BCUT2D eigenvalue weighted by Crippen LogP contribution is 2.15. The molecule has 2 heterocycles. The predicted octanol–water partition coefficient (Wildman–Crippen LogP) is 2.19. The Morgan fingerprint density at radius 1 is 1.08 bits per heavy atom. The number of benzene rings is 1. The van der Waals surface area contributed by atoms with Crippen LogP contribution in [0.25, 0.3) is 0 Å². The number of para-hydroxylation sites is 1. The maximum absolute atomic E-state index is 11.9. The zero-order chi connectivity index (χ0) is 15.9. The zero-order valence-corrected chi connectivity index (χ0v) is 17.5. The molecule has 2 fully saturated rings. The van der Waals surface area contributed by atoms with Crippen LogP contribution in [-0.4, -0.2) is 63.2 Å². The third kappa shape index (κ3) is 7.49. The molecule has 2 saturated heterocycles. The first-order valence-electron chi connectivity index (χ1n) is 8.84. The fourth-order valence-corrected chi connectivity index (χ4v) is 3.41. The summed E-state index contributed by atoms with van der Waals surface area (Å²) >= 11 is 0. The lowest BCUT2D eigenvalue weighted by Crippen LogP contribution is -2.47. The van der Waals surface area contributed by atoms with Crippen molar-refractivity contribution in [2.45, 2.75) is 12.8 Å². The van der Waals surface area contributed by atoms with Crippen LogP contribution in [-0.2, 0) is 4.79 Å². The molecule has 26 heavy (non-hydrogen) atoms. The number of anilines is 1. The molecular formula is C18H31Cl3N4O. The molecule has 8 heteroatoms. The molecule has 0 saturated carbocycles. The van der Waals surface area contributed by atoms with E-state index in [0.29, 0.717) is 0 Å². The van der Waals surface area contributed by atoms with Gasteiger partial charge >= 0.3 is 0 Å². The summed E-state index contributed by atoms with van der Waals surface area (Å²) in [5.74, 6) is 0.410. The molecule has 2 aliphatic heterocycles. The summed E-state index contributed by atoms with van der Waals surface area (Å²) in [4.78, 5) is 16.9.